The van der Waals surface area contributed by atoms with Gasteiger partial charge < -0.3 is 9.52 Å². The molecule has 0 saturated carbocycles. The van der Waals surface area contributed by atoms with Gasteiger partial charge in [-0.05, 0) is 19.1 Å². The maximum absolute atomic E-state index is 10.8. The zero-order valence-corrected chi connectivity index (χ0v) is 11.3. The van der Waals surface area contributed by atoms with Gasteiger partial charge >= 0.3 is 0 Å². The van der Waals surface area contributed by atoms with Gasteiger partial charge in [0.2, 0.25) is 11.2 Å². The van der Waals surface area contributed by atoms with Crippen LogP contribution >= 0.6 is 0 Å². The van der Waals surface area contributed by atoms with Gasteiger partial charge in [0, 0.05) is 12.3 Å². The number of hydrogen-bond donors (Lipinski definition) is 1. The van der Waals surface area contributed by atoms with Crippen LogP contribution < -0.4 is 5.43 Å². The summed E-state index contributed by atoms with van der Waals surface area (Å²) in [5.74, 6) is -0.0556. The second-order valence-corrected chi connectivity index (χ2v) is 5.79. The standard InChI is InChI=1S/C7H8O2S.C6H6O3/c1-10(8,9)7-5-3-2-4-6-7;1-4-6(8)5(7)2-3-9-4/h2-6H,1H3;2-3,8H,1H3. The van der Waals surface area contributed by atoms with Gasteiger partial charge in [0.15, 0.2) is 9.84 Å². The van der Waals surface area contributed by atoms with E-state index in [9.17, 15) is 13.2 Å². The van der Waals surface area contributed by atoms with E-state index in [1.807, 2.05) is 0 Å². The molecule has 0 unspecified atom stereocenters. The summed E-state index contributed by atoms with van der Waals surface area (Å²) >= 11 is 0. The van der Waals surface area contributed by atoms with Crippen LogP contribution in [-0.2, 0) is 9.84 Å². The average molecular weight is 282 g/mol. The van der Waals surface area contributed by atoms with Crippen LogP contribution in [0.1, 0.15) is 5.76 Å². The van der Waals surface area contributed by atoms with Crippen LogP contribution in [0.25, 0.3) is 0 Å². The third-order valence-electron chi connectivity index (χ3n) is 2.20. The molecule has 1 aromatic carbocycles. The largest absolute Gasteiger partial charge is 0.502 e. The van der Waals surface area contributed by atoms with Crippen LogP contribution in [0.4, 0.5) is 0 Å². The van der Waals surface area contributed by atoms with Crippen molar-refractivity contribution in [3.8, 4) is 5.75 Å². The zero-order chi connectivity index (χ0) is 14.5. The van der Waals surface area contributed by atoms with Crippen molar-refractivity contribution in [3.05, 3.63) is 58.6 Å². The molecule has 19 heavy (non-hydrogen) atoms. The Hall–Kier alpha value is -2.08. The zero-order valence-electron chi connectivity index (χ0n) is 10.5. The van der Waals surface area contributed by atoms with Crippen molar-refractivity contribution in [1.29, 1.82) is 0 Å². The second kappa shape index (κ2) is 6.19. The first kappa shape index (κ1) is 15.0. The third-order valence-corrected chi connectivity index (χ3v) is 3.33. The van der Waals surface area contributed by atoms with E-state index in [0.717, 1.165) is 0 Å². The fourth-order valence-electron chi connectivity index (χ4n) is 1.17. The van der Waals surface area contributed by atoms with Crippen LogP contribution in [-0.4, -0.2) is 19.8 Å². The highest BCUT2D eigenvalue weighted by atomic mass is 32.2. The van der Waals surface area contributed by atoms with E-state index < -0.39 is 15.3 Å². The van der Waals surface area contributed by atoms with E-state index in [-0.39, 0.29) is 11.5 Å². The van der Waals surface area contributed by atoms with Crippen LogP contribution in [0.3, 0.4) is 0 Å². The van der Waals surface area contributed by atoms with Crippen molar-refractivity contribution in [3.63, 3.8) is 0 Å². The molecule has 2 rings (SSSR count). The van der Waals surface area contributed by atoms with Crippen molar-refractivity contribution in [2.24, 2.45) is 0 Å². The molecule has 6 heteroatoms. The predicted molar refractivity (Wildman–Crippen MR) is 70.9 cm³/mol. The lowest BCUT2D eigenvalue weighted by Crippen LogP contribution is -1.97. The van der Waals surface area contributed by atoms with Crippen LogP contribution in [0.2, 0.25) is 0 Å². The van der Waals surface area contributed by atoms with E-state index in [0.29, 0.717) is 4.90 Å². The number of rotatable bonds is 1. The normalized spacial score (nSPS) is 10.4. The lowest BCUT2D eigenvalue weighted by molar-refractivity contribution is 0.411. The molecule has 0 saturated heterocycles. The summed E-state index contributed by atoms with van der Waals surface area (Å²) in [5.41, 5.74) is -0.404. The highest BCUT2D eigenvalue weighted by Crippen LogP contribution is 2.06. The minimum atomic E-state index is -3.00. The van der Waals surface area contributed by atoms with E-state index in [2.05, 4.69) is 4.42 Å². The SMILES string of the molecule is CS(=O)(=O)c1ccccc1.Cc1occc(=O)c1O. The Morgan fingerprint density at radius 2 is 1.68 bits per heavy atom. The molecule has 102 valence electrons. The number of sulfone groups is 1. The molecule has 0 amide bonds. The Kier molecular flexibility index (Phi) is 4.88. The molecule has 1 heterocycles. The van der Waals surface area contributed by atoms with Gasteiger partial charge in [0.25, 0.3) is 0 Å². The van der Waals surface area contributed by atoms with Gasteiger partial charge in [0.1, 0.15) is 5.76 Å². The fraction of sp³-hybridized carbons (Fsp3) is 0.154. The summed E-state index contributed by atoms with van der Waals surface area (Å²) in [6, 6.07) is 9.52. The number of benzene rings is 1. The summed E-state index contributed by atoms with van der Waals surface area (Å²) in [4.78, 5) is 10.9. The number of hydrogen-bond acceptors (Lipinski definition) is 5. The molecule has 0 aliphatic carbocycles. The summed E-state index contributed by atoms with van der Waals surface area (Å²) in [6.07, 6.45) is 2.44. The summed E-state index contributed by atoms with van der Waals surface area (Å²) in [6.45, 7) is 1.52. The first-order valence-corrected chi connectivity index (χ1v) is 7.24. The Bertz CT molecular complexity index is 686. The summed E-state index contributed by atoms with van der Waals surface area (Å²) in [5, 5.41) is 8.80. The Balaban J connectivity index is 0.000000191. The molecule has 0 radical (unpaired) electrons. The first-order valence-electron chi connectivity index (χ1n) is 5.35. The Morgan fingerprint density at radius 3 is 2.05 bits per heavy atom. The van der Waals surface area contributed by atoms with Gasteiger partial charge in [-0.3, -0.25) is 4.79 Å². The summed E-state index contributed by atoms with van der Waals surface area (Å²) < 4.78 is 26.4. The molecule has 1 N–H and O–H groups in total. The topological polar surface area (TPSA) is 84.6 Å². The molecule has 1 aromatic heterocycles. The van der Waals surface area contributed by atoms with E-state index in [1.54, 1.807) is 30.3 Å². The minimum Gasteiger partial charge on any atom is -0.502 e. The smallest absolute Gasteiger partial charge is 0.226 e. The molecule has 0 atom stereocenters. The second-order valence-electron chi connectivity index (χ2n) is 3.77. The molecule has 0 bridgehead atoms. The van der Waals surface area contributed by atoms with Crippen molar-refractivity contribution < 1.29 is 17.9 Å². The lowest BCUT2D eigenvalue weighted by Gasteiger charge is -1.93. The van der Waals surface area contributed by atoms with Crippen molar-refractivity contribution >= 4 is 9.84 Å². The van der Waals surface area contributed by atoms with Crippen LogP contribution in [0, 0.1) is 6.92 Å². The molecule has 0 spiro atoms. The first-order chi connectivity index (χ1) is 8.82. The van der Waals surface area contributed by atoms with Crippen LogP contribution in [0.5, 0.6) is 5.75 Å². The molecule has 5 nitrogen and oxygen atoms in total. The van der Waals surface area contributed by atoms with E-state index in [4.69, 9.17) is 5.11 Å². The maximum Gasteiger partial charge on any atom is 0.226 e. The monoisotopic (exact) mass is 282 g/mol. The van der Waals surface area contributed by atoms with Crippen LogP contribution in [0.15, 0.2) is 56.8 Å². The number of aryl methyl sites for hydroxylation is 1. The highest BCUT2D eigenvalue weighted by Gasteiger charge is 2.03. The fourth-order valence-corrected chi connectivity index (χ4v) is 1.83. The number of aromatic hydroxyl groups is 1. The van der Waals surface area contributed by atoms with E-state index >= 15 is 0 Å². The molecule has 0 aliphatic rings. The quantitative estimate of drug-likeness (QED) is 0.861. The third kappa shape index (κ3) is 4.59. The molecular weight excluding hydrogens is 268 g/mol. The van der Waals surface area contributed by atoms with Gasteiger partial charge in [0.05, 0.1) is 11.2 Å². The average Bonchev–Trinajstić information content (AvgIpc) is 2.37. The molecule has 0 aliphatic heterocycles. The van der Waals surface area contributed by atoms with Gasteiger partial charge in [-0.1, -0.05) is 18.2 Å². The van der Waals surface area contributed by atoms with Gasteiger partial charge in [-0.15, -0.1) is 0 Å². The maximum atomic E-state index is 10.8. The molecular formula is C13H14O5S. The Labute approximate surface area is 111 Å². The van der Waals surface area contributed by atoms with Crippen molar-refractivity contribution in [2.45, 2.75) is 11.8 Å². The lowest BCUT2D eigenvalue weighted by atomic mass is 10.4. The molecule has 2 aromatic rings. The van der Waals surface area contributed by atoms with Crippen molar-refractivity contribution in [2.75, 3.05) is 6.26 Å². The van der Waals surface area contributed by atoms with Crippen molar-refractivity contribution in [1.82, 2.24) is 0 Å². The molecule has 0 fully saturated rings. The predicted octanol–water partition coefficient (Wildman–Crippen LogP) is 1.74. The van der Waals surface area contributed by atoms with E-state index in [1.165, 1.54) is 25.5 Å². The summed E-state index contributed by atoms with van der Waals surface area (Å²) in [7, 11) is -3.00. The Morgan fingerprint density at radius 1 is 1.11 bits per heavy atom. The van der Waals surface area contributed by atoms with Gasteiger partial charge in [-0.25, -0.2) is 8.42 Å². The highest BCUT2D eigenvalue weighted by molar-refractivity contribution is 7.90. The van der Waals surface area contributed by atoms with Gasteiger partial charge in [-0.2, -0.15) is 0 Å². The minimum absolute atomic E-state index is 0.252.